The van der Waals surface area contributed by atoms with Crippen molar-refractivity contribution in [2.24, 2.45) is 11.8 Å². The van der Waals surface area contributed by atoms with Crippen molar-refractivity contribution in [1.82, 2.24) is 0 Å². The zero-order valence-electron chi connectivity index (χ0n) is 10.9. The molecule has 1 aliphatic carbocycles. The van der Waals surface area contributed by atoms with Gasteiger partial charge in [0.1, 0.15) is 13.2 Å². The molecule has 4 heteroatoms. The summed E-state index contributed by atoms with van der Waals surface area (Å²) < 4.78 is 11.0. The van der Waals surface area contributed by atoms with Gasteiger partial charge < -0.3 is 9.47 Å². The minimum atomic E-state index is 0.0973. The van der Waals surface area contributed by atoms with Crippen LogP contribution in [0.15, 0.2) is 12.1 Å². The van der Waals surface area contributed by atoms with Crippen LogP contribution >= 0.6 is 11.6 Å². The molecule has 0 amide bonds. The summed E-state index contributed by atoms with van der Waals surface area (Å²) in [5.41, 5.74) is 0.574. The zero-order valence-corrected chi connectivity index (χ0v) is 11.7. The summed E-state index contributed by atoms with van der Waals surface area (Å²) in [5, 5.41) is 0.466. The first kappa shape index (κ1) is 12.8. The van der Waals surface area contributed by atoms with Gasteiger partial charge in [0.2, 0.25) is 0 Å². The maximum Gasteiger partial charge on any atom is 0.167 e. The van der Waals surface area contributed by atoms with Crippen molar-refractivity contribution in [3.8, 4) is 11.5 Å². The number of fused-ring (bicyclic) bond motifs is 1. The molecule has 1 heterocycles. The highest BCUT2D eigenvalue weighted by Gasteiger charge is 2.32. The van der Waals surface area contributed by atoms with Crippen molar-refractivity contribution in [2.45, 2.75) is 26.2 Å². The maximum atomic E-state index is 12.6. The van der Waals surface area contributed by atoms with Gasteiger partial charge in [0, 0.05) is 17.5 Å². The first-order valence-corrected chi connectivity index (χ1v) is 7.18. The molecule has 1 aromatic carbocycles. The van der Waals surface area contributed by atoms with Crippen molar-refractivity contribution in [2.75, 3.05) is 13.2 Å². The zero-order chi connectivity index (χ0) is 13.4. The second-order valence-electron chi connectivity index (χ2n) is 5.35. The Morgan fingerprint density at radius 1 is 1.21 bits per heavy atom. The first-order chi connectivity index (χ1) is 9.16. The Labute approximate surface area is 117 Å². The Morgan fingerprint density at radius 2 is 1.89 bits per heavy atom. The molecule has 1 aliphatic heterocycles. The number of hydrogen-bond acceptors (Lipinski definition) is 3. The highest BCUT2D eigenvalue weighted by Crippen LogP contribution is 2.39. The van der Waals surface area contributed by atoms with E-state index in [4.69, 9.17) is 21.1 Å². The fourth-order valence-electron chi connectivity index (χ4n) is 2.99. The number of halogens is 1. The van der Waals surface area contributed by atoms with Gasteiger partial charge in [0.05, 0.1) is 5.02 Å². The maximum absolute atomic E-state index is 12.6. The van der Waals surface area contributed by atoms with Crippen molar-refractivity contribution in [3.05, 3.63) is 22.7 Å². The molecule has 1 saturated carbocycles. The highest BCUT2D eigenvalue weighted by molar-refractivity contribution is 6.34. The Hall–Kier alpha value is -1.22. The van der Waals surface area contributed by atoms with E-state index >= 15 is 0 Å². The lowest BCUT2D eigenvalue weighted by atomic mass is 9.89. The van der Waals surface area contributed by atoms with Gasteiger partial charge in [0.25, 0.3) is 0 Å². The van der Waals surface area contributed by atoms with E-state index in [1.54, 1.807) is 12.1 Å². The van der Waals surface area contributed by atoms with Crippen LogP contribution in [0.3, 0.4) is 0 Å². The third kappa shape index (κ3) is 2.32. The summed E-state index contributed by atoms with van der Waals surface area (Å²) in [5.74, 6) is 1.95. The number of benzene rings is 1. The predicted molar refractivity (Wildman–Crippen MR) is 73.3 cm³/mol. The van der Waals surface area contributed by atoms with E-state index in [1.807, 2.05) is 0 Å². The Morgan fingerprint density at radius 3 is 2.53 bits per heavy atom. The molecule has 0 saturated heterocycles. The van der Waals surface area contributed by atoms with Gasteiger partial charge in [-0.2, -0.15) is 0 Å². The first-order valence-electron chi connectivity index (χ1n) is 6.80. The molecule has 3 nitrogen and oxygen atoms in total. The molecule has 2 aliphatic rings. The molecule has 1 aromatic rings. The molecule has 0 aromatic heterocycles. The summed E-state index contributed by atoms with van der Waals surface area (Å²) in [6.45, 7) is 3.18. The fraction of sp³-hybridized carbons (Fsp3) is 0.533. The van der Waals surface area contributed by atoms with Crippen molar-refractivity contribution in [3.63, 3.8) is 0 Å². The number of hydrogen-bond donors (Lipinski definition) is 0. The van der Waals surface area contributed by atoms with E-state index in [1.165, 1.54) is 0 Å². The van der Waals surface area contributed by atoms with E-state index < -0.39 is 0 Å². The lowest BCUT2D eigenvalue weighted by Gasteiger charge is -2.21. The number of carbonyl (C=O) groups is 1. The van der Waals surface area contributed by atoms with Crippen LogP contribution in [-0.2, 0) is 0 Å². The number of ketones is 1. The predicted octanol–water partition coefficient (Wildman–Crippen LogP) is 3.73. The van der Waals surface area contributed by atoms with Gasteiger partial charge in [-0.15, -0.1) is 0 Å². The summed E-state index contributed by atoms with van der Waals surface area (Å²) in [6, 6.07) is 3.44. The Balaban J connectivity index is 1.93. The smallest absolute Gasteiger partial charge is 0.167 e. The lowest BCUT2D eigenvalue weighted by Crippen LogP contribution is -2.19. The van der Waals surface area contributed by atoms with E-state index in [-0.39, 0.29) is 11.7 Å². The molecule has 0 radical (unpaired) electrons. The molecule has 19 heavy (non-hydrogen) atoms. The minimum absolute atomic E-state index is 0.0973. The van der Waals surface area contributed by atoms with Gasteiger partial charge in [-0.05, 0) is 24.8 Å². The standard InChI is InChI=1S/C15H17ClO3/c1-9-3-2-4-10(9)15(17)11-7-13-14(8-12(11)16)19-6-5-18-13/h7-10H,2-6H2,1H3. The summed E-state index contributed by atoms with van der Waals surface area (Å²) >= 11 is 6.23. The van der Waals surface area contributed by atoms with Crippen LogP contribution in [0.4, 0.5) is 0 Å². The molecular formula is C15H17ClO3. The van der Waals surface area contributed by atoms with Crippen LogP contribution in [-0.4, -0.2) is 19.0 Å². The average Bonchev–Trinajstić information content (AvgIpc) is 2.83. The lowest BCUT2D eigenvalue weighted by molar-refractivity contribution is 0.0896. The topological polar surface area (TPSA) is 35.5 Å². The number of ether oxygens (including phenoxy) is 2. The van der Waals surface area contributed by atoms with Gasteiger partial charge >= 0.3 is 0 Å². The summed E-state index contributed by atoms with van der Waals surface area (Å²) in [7, 11) is 0. The highest BCUT2D eigenvalue weighted by atomic mass is 35.5. The third-order valence-electron chi connectivity index (χ3n) is 4.10. The normalized spacial score (nSPS) is 25.4. The van der Waals surface area contributed by atoms with Gasteiger partial charge in [-0.25, -0.2) is 0 Å². The minimum Gasteiger partial charge on any atom is -0.486 e. The average molecular weight is 281 g/mol. The van der Waals surface area contributed by atoms with E-state index in [2.05, 4.69) is 6.92 Å². The molecule has 102 valence electrons. The second-order valence-corrected chi connectivity index (χ2v) is 5.76. The molecule has 2 atom stereocenters. The quantitative estimate of drug-likeness (QED) is 0.775. The summed E-state index contributed by atoms with van der Waals surface area (Å²) in [6.07, 6.45) is 3.21. The van der Waals surface area contributed by atoms with Crippen LogP contribution in [0.25, 0.3) is 0 Å². The fourth-order valence-corrected chi connectivity index (χ4v) is 3.23. The van der Waals surface area contributed by atoms with Crippen LogP contribution in [0.5, 0.6) is 11.5 Å². The molecule has 1 fully saturated rings. The van der Waals surface area contributed by atoms with Crippen LogP contribution in [0.2, 0.25) is 5.02 Å². The second kappa shape index (κ2) is 5.04. The van der Waals surface area contributed by atoms with Crippen molar-refractivity contribution < 1.29 is 14.3 Å². The molecule has 0 spiro atoms. The molecule has 0 N–H and O–H groups in total. The third-order valence-corrected chi connectivity index (χ3v) is 4.41. The van der Waals surface area contributed by atoms with Gasteiger partial charge in [-0.3, -0.25) is 4.79 Å². The van der Waals surface area contributed by atoms with Gasteiger partial charge in [-0.1, -0.05) is 24.9 Å². The Bertz CT molecular complexity index is 512. The van der Waals surface area contributed by atoms with Crippen LogP contribution in [0, 0.1) is 11.8 Å². The number of rotatable bonds is 2. The van der Waals surface area contributed by atoms with Gasteiger partial charge in [0.15, 0.2) is 17.3 Å². The number of carbonyl (C=O) groups excluding carboxylic acids is 1. The SMILES string of the molecule is CC1CCCC1C(=O)c1cc2c(cc1Cl)OCCO2. The summed E-state index contributed by atoms with van der Waals surface area (Å²) in [4.78, 5) is 12.6. The molecule has 3 rings (SSSR count). The molecule has 0 bridgehead atoms. The molecule has 2 unspecified atom stereocenters. The Kier molecular flexibility index (Phi) is 3.40. The van der Waals surface area contributed by atoms with Crippen molar-refractivity contribution in [1.29, 1.82) is 0 Å². The van der Waals surface area contributed by atoms with E-state index in [9.17, 15) is 4.79 Å². The largest absolute Gasteiger partial charge is 0.486 e. The van der Waals surface area contributed by atoms with E-state index in [0.29, 0.717) is 41.2 Å². The number of Topliss-reactive ketones (excluding diaryl/α,β-unsaturated/α-hetero) is 1. The molecular weight excluding hydrogens is 264 g/mol. The van der Waals surface area contributed by atoms with Crippen LogP contribution < -0.4 is 9.47 Å². The van der Waals surface area contributed by atoms with Crippen LogP contribution in [0.1, 0.15) is 36.5 Å². The van der Waals surface area contributed by atoms with E-state index in [0.717, 1.165) is 19.3 Å². The van der Waals surface area contributed by atoms with Crippen molar-refractivity contribution >= 4 is 17.4 Å². The monoisotopic (exact) mass is 280 g/mol.